The molecule has 0 aromatic rings. The fourth-order valence-electron chi connectivity index (χ4n) is 6.07. The number of rotatable bonds is 5. The van der Waals surface area contributed by atoms with E-state index in [1.807, 2.05) is 17.4 Å². The Morgan fingerprint density at radius 1 is 1.07 bits per heavy atom. The molecule has 4 fully saturated rings. The van der Waals surface area contributed by atoms with E-state index < -0.39 is 17.9 Å². The van der Waals surface area contributed by atoms with Crippen LogP contribution in [0.2, 0.25) is 0 Å². The number of hydrogen-bond donors (Lipinski definition) is 3. The van der Waals surface area contributed by atoms with Crippen molar-refractivity contribution in [2.45, 2.75) is 63.8 Å². The van der Waals surface area contributed by atoms with Crippen molar-refractivity contribution >= 4 is 11.8 Å². The summed E-state index contributed by atoms with van der Waals surface area (Å²) in [4.78, 5) is 29.8. The average Bonchev–Trinajstić information content (AvgIpc) is 3.50. The molecule has 2 atom stereocenters. The zero-order chi connectivity index (χ0) is 20.4. The number of hydrogen-bond acceptors (Lipinski definition) is 5. The van der Waals surface area contributed by atoms with Gasteiger partial charge in [0.1, 0.15) is 6.04 Å². The molecule has 0 aromatic heterocycles. The maximum Gasteiger partial charge on any atom is 0.248 e. The summed E-state index contributed by atoms with van der Waals surface area (Å²) in [5.74, 6) is 0.821. The first-order chi connectivity index (χ1) is 14.0. The predicted molar refractivity (Wildman–Crippen MR) is 110 cm³/mol. The Morgan fingerprint density at radius 2 is 1.69 bits per heavy atom. The summed E-state index contributed by atoms with van der Waals surface area (Å²) in [5.41, 5.74) is 2.01. The number of carbonyl (C=O) groups excluding carboxylic acids is 2. The van der Waals surface area contributed by atoms with E-state index in [0.29, 0.717) is 6.42 Å². The van der Waals surface area contributed by atoms with Gasteiger partial charge in [0.05, 0.1) is 5.92 Å². The molecule has 1 spiro atoms. The number of amides is 2. The second-order valence-corrected chi connectivity index (χ2v) is 10.2. The number of likely N-dealkylation sites (tertiary alicyclic amines) is 2. The Labute approximate surface area is 174 Å². The summed E-state index contributed by atoms with van der Waals surface area (Å²) in [5, 5.41) is 12.7. The second kappa shape index (κ2) is 8.90. The quantitative estimate of drug-likeness (QED) is 0.477. The maximum absolute atomic E-state index is 13.4. The van der Waals surface area contributed by atoms with Gasteiger partial charge in [0.2, 0.25) is 11.8 Å². The lowest BCUT2D eigenvalue weighted by molar-refractivity contribution is -0.151. The molecule has 7 nitrogen and oxygen atoms in total. The Hall–Kier alpha value is -1.18. The van der Waals surface area contributed by atoms with Crippen LogP contribution in [-0.2, 0) is 9.59 Å². The van der Waals surface area contributed by atoms with E-state index in [4.69, 9.17) is 0 Å². The van der Waals surface area contributed by atoms with Gasteiger partial charge in [0.25, 0.3) is 0 Å². The number of carbonyl (C=O) groups is 2. The van der Waals surface area contributed by atoms with Crippen molar-refractivity contribution in [3.8, 4) is 0 Å². The van der Waals surface area contributed by atoms with Gasteiger partial charge in [-0.1, -0.05) is 12.8 Å². The standard InChI is InChI=1S/C22H38N4O3/c1-25-15-22(8-9-22)14-18(20(27)24-29)19(25)21(28)26-12-6-17(7-13-26)3-2-16-4-10-23-11-5-16/h16-19,23,29H,2-15H2,1H3,(H,24,27)/t18-,19-/m0/s1. The van der Waals surface area contributed by atoms with Crippen molar-refractivity contribution in [3.05, 3.63) is 0 Å². The highest BCUT2D eigenvalue weighted by Crippen LogP contribution is 2.54. The molecule has 4 aliphatic rings. The first-order valence-electron chi connectivity index (χ1n) is 11.6. The minimum Gasteiger partial charge on any atom is -0.341 e. The molecule has 0 unspecified atom stereocenters. The molecular weight excluding hydrogens is 368 g/mol. The van der Waals surface area contributed by atoms with Gasteiger partial charge in [0, 0.05) is 19.6 Å². The molecule has 29 heavy (non-hydrogen) atoms. The molecule has 3 heterocycles. The van der Waals surface area contributed by atoms with Crippen molar-refractivity contribution in [1.29, 1.82) is 0 Å². The smallest absolute Gasteiger partial charge is 0.248 e. The van der Waals surface area contributed by atoms with Gasteiger partial charge >= 0.3 is 0 Å². The largest absolute Gasteiger partial charge is 0.341 e. The molecule has 4 rings (SSSR count). The van der Waals surface area contributed by atoms with Crippen LogP contribution in [0.25, 0.3) is 0 Å². The molecule has 2 amide bonds. The summed E-state index contributed by atoms with van der Waals surface area (Å²) in [6.45, 7) is 4.81. The van der Waals surface area contributed by atoms with Gasteiger partial charge in [-0.05, 0) is 82.3 Å². The van der Waals surface area contributed by atoms with Gasteiger partial charge in [-0.3, -0.25) is 19.7 Å². The minimum absolute atomic E-state index is 0.0772. The molecule has 0 radical (unpaired) electrons. The van der Waals surface area contributed by atoms with Crippen LogP contribution in [0.15, 0.2) is 0 Å². The Morgan fingerprint density at radius 3 is 2.28 bits per heavy atom. The number of likely N-dealkylation sites (N-methyl/N-ethyl adjacent to an activating group) is 1. The number of hydroxylamine groups is 1. The number of piperidine rings is 3. The SMILES string of the molecule is CN1CC2(CC2)C[C@H](C(=O)NO)[C@H]1C(=O)N1CCC(CCC2CCNCC2)CC1. The van der Waals surface area contributed by atoms with E-state index in [2.05, 4.69) is 10.2 Å². The topological polar surface area (TPSA) is 84.9 Å². The minimum atomic E-state index is -0.452. The summed E-state index contributed by atoms with van der Waals surface area (Å²) in [6.07, 6.45) is 10.3. The molecule has 1 saturated carbocycles. The molecule has 3 aliphatic heterocycles. The van der Waals surface area contributed by atoms with Crippen LogP contribution in [0.4, 0.5) is 0 Å². The van der Waals surface area contributed by atoms with Crippen molar-refractivity contribution in [2.75, 3.05) is 39.8 Å². The van der Waals surface area contributed by atoms with E-state index in [0.717, 1.165) is 70.2 Å². The van der Waals surface area contributed by atoms with Crippen LogP contribution in [0.5, 0.6) is 0 Å². The third-order valence-electron chi connectivity index (χ3n) is 8.12. The monoisotopic (exact) mass is 406 g/mol. The average molecular weight is 407 g/mol. The Bertz CT molecular complexity index is 595. The molecule has 1 aliphatic carbocycles. The van der Waals surface area contributed by atoms with Gasteiger partial charge in [0.15, 0.2) is 0 Å². The van der Waals surface area contributed by atoms with Gasteiger partial charge in [-0.15, -0.1) is 0 Å². The van der Waals surface area contributed by atoms with Crippen molar-refractivity contribution in [2.24, 2.45) is 23.2 Å². The molecular formula is C22H38N4O3. The van der Waals surface area contributed by atoms with Gasteiger partial charge in [-0.2, -0.15) is 0 Å². The van der Waals surface area contributed by atoms with Crippen LogP contribution < -0.4 is 10.8 Å². The zero-order valence-electron chi connectivity index (χ0n) is 17.9. The Balaban J connectivity index is 1.30. The number of nitrogens with one attached hydrogen (secondary N) is 2. The fourth-order valence-corrected chi connectivity index (χ4v) is 6.07. The van der Waals surface area contributed by atoms with Crippen LogP contribution >= 0.6 is 0 Å². The van der Waals surface area contributed by atoms with Gasteiger partial charge < -0.3 is 10.2 Å². The fraction of sp³-hybridized carbons (Fsp3) is 0.909. The first kappa shape index (κ1) is 21.1. The lowest BCUT2D eigenvalue weighted by atomic mass is 9.79. The predicted octanol–water partition coefficient (Wildman–Crippen LogP) is 1.61. The molecule has 0 bridgehead atoms. The highest BCUT2D eigenvalue weighted by atomic mass is 16.5. The summed E-state index contributed by atoms with van der Waals surface area (Å²) < 4.78 is 0. The van der Waals surface area contributed by atoms with Crippen molar-refractivity contribution in [3.63, 3.8) is 0 Å². The third kappa shape index (κ3) is 4.78. The second-order valence-electron chi connectivity index (χ2n) is 10.2. The van der Waals surface area contributed by atoms with E-state index in [-0.39, 0.29) is 11.3 Å². The molecule has 3 N–H and O–H groups in total. The van der Waals surface area contributed by atoms with E-state index in [1.54, 1.807) is 0 Å². The van der Waals surface area contributed by atoms with Crippen molar-refractivity contribution in [1.82, 2.24) is 20.6 Å². The van der Waals surface area contributed by atoms with E-state index in [9.17, 15) is 14.8 Å². The zero-order valence-corrected chi connectivity index (χ0v) is 17.9. The first-order valence-corrected chi connectivity index (χ1v) is 11.6. The van der Waals surface area contributed by atoms with Crippen molar-refractivity contribution < 1.29 is 14.8 Å². The van der Waals surface area contributed by atoms with Crippen LogP contribution in [0, 0.1) is 23.2 Å². The lowest BCUT2D eigenvalue weighted by Crippen LogP contribution is -2.60. The summed E-state index contributed by atoms with van der Waals surface area (Å²) in [6, 6.07) is -0.445. The van der Waals surface area contributed by atoms with E-state index >= 15 is 0 Å². The highest BCUT2D eigenvalue weighted by Gasteiger charge is 2.55. The Kier molecular flexibility index (Phi) is 6.47. The molecule has 0 aromatic carbocycles. The highest BCUT2D eigenvalue weighted by molar-refractivity contribution is 5.90. The maximum atomic E-state index is 13.4. The normalized spacial score (nSPS) is 31.0. The lowest BCUT2D eigenvalue weighted by Gasteiger charge is -2.44. The molecule has 164 valence electrons. The van der Waals surface area contributed by atoms with E-state index in [1.165, 1.54) is 25.7 Å². The molecule has 7 heteroatoms. The summed E-state index contributed by atoms with van der Waals surface area (Å²) in [7, 11) is 1.96. The van der Waals surface area contributed by atoms with Crippen LogP contribution in [0.3, 0.4) is 0 Å². The molecule has 3 saturated heterocycles. The van der Waals surface area contributed by atoms with Crippen LogP contribution in [0.1, 0.15) is 57.8 Å². The third-order valence-corrected chi connectivity index (χ3v) is 8.12. The van der Waals surface area contributed by atoms with Crippen LogP contribution in [-0.4, -0.2) is 72.6 Å². The van der Waals surface area contributed by atoms with Gasteiger partial charge in [-0.25, -0.2) is 5.48 Å². The summed E-state index contributed by atoms with van der Waals surface area (Å²) >= 11 is 0. The number of nitrogens with zero attached hydrogens (tertiary/aromatic N) is 2.